The van der Waals surface area contributed by atoms with Crippen molar-refractivity contribution in [2.75, 3.05) is 19.8 Å². The highest BCUT2D eigenvalue weighted by atomic mass is 16.6. The third-order valence-corrected chi connectivity index (χ3v) is 1.88. The van der Waals surface area contributed by atoms with Crippen LogP contribution in [-0.2, 0) is 4.79 Å². The van der Waals surface area contributed by atoms with Gasteiger partial charge in [-0.25, -0.2) is 4.79 Å². The summed E-state index contributed by atoms with van der Waals surface area (Å²) in [5.74, 6) is 0.438. The van der Waals surface area contributed by atoms with Crippen LogP contribution in [0.25, 0.3) is 0 Å². The first-order chi connectivity index (χ1) is 7.27. The van der Waals surface area contributed by atoms with Gasteiger partial charge in [0.15, 0.2) is 18.1 Å². The number of carbonyl (C=O) groups is 1. The summed E-state index contributed by atoms with van der Waals surface area (Å²) in [6.45, 7) is 0.551. The highest BCUT2D eigenvalue weighted by molar-refractivity contribution is 5.68. The highest BCUT2D eigenvalue weighted by Crippen LogP contribution is 2.38. The van der Waals surface area contributed by atoms with Crippen molar-refractivity contribution >= 4 is 5.97 Å². The molecule has 0 aliphatic carbocycles. The van der Waals surface area contributed by atoms with Crippen LogP contribution in [0.5, 0.6) is 17.2 Å². The van der Waals surface area contributed by atoms with Crippen molar-refractivity contribution in [1.82, 2.24) is 0 Å². The molecule has 15 heavy (non-hydrogen) atoms. The van der Waals surface area contributed by atoms with Gasteiger partial charge in [0.05, 0.1) is 0 Å². The van der Waals surface area contributed by atoms with Crippen molar-refractivity contribution in [1.29, 1.82) is 0 Å². The minimum absolute atomic E-state index is 0.389. The number of carboxylic acids is 1. The molecular formula is C10H10O5. The summed E-state index contributed by atoms with van der Waals surface area (Å²) in [6, 6.07) is 5.13. The number of benzene rings is 1. The molecule has 0 fully saturated rings. The Kier molecular flexibility index (Phi) is 2.62. The average Bonchev–Trinajstić information content (AvgIpc) is 2.26. The lowest BCUT2D eigenvalue weighted by molar-refractivity contribution is -0.139. The molecular weight excluding hydrogens is 200 g/mol. The van der Waals surface area contributed by atoms with Gasteiger partial charge in [-0.3, -0.25) is 0 Å². The maximum atomic E-state index is 10.3. The summed E-state index contributed by atoms with van der Waals surface area (Å²) in [7, 11) is 0. The van der Waals surface area contributed by atoms with Crippen LogP contribution < -0.4 is 14.2 Å². The van der Waals surface area contributed by atoms with E-state index in [0.29, 0.717) is 30.5 Å². The number of aliphatic carboxylic acids is 1. The molecule has 0 atom stereocenters. The fourth-order valence-corrected chi connectivity index (χ4v) is 1.30. The lowest BCUT2D eigenvalue weighted by Gasteiger charge is -2.20. The van der Waals surface area contributed by atoms with Crippen LogP contribution in [-0.4, -0.2) is 30.9 Å². The van der Waals surface area contributed by atoms with E-state index in [9.17, 15) is 4.79 Å². The van der Waals surface area contributed by atoms with Gasteiger partial charge < -0.3 is 19.3 Å². The third kappa shape index (κ3) is 2.12. The fourth-order valence-electron chi connectivity index (χ4n) is 1.30. The summed E-state index contributed by atoms with van der Waals surface area (Å²) in [5.41, 5.74) is 0. The Balaban J connectivity index is 2.19. The molecule has 0 spiro atoms. The van der Waals surface area contributed by atoms with Gasteiger partial charge in [0.1, 0.15) is 13.2 Å². The maximum absolute atomic E-state index is 10.3. The summed E-state index contributed by atoms with van der Waals surface area (Å²) >= 11 is 0. The number of carboxylic acid groups (broad SMARTS) is 1. The van der Waals surface area contributed by atoms with Crippen LogP contribution in [0.3, 0.4) is 0 Å². The Labute approximate surface area is 86.2 Å². The number of fused-ring (bicyclic) bond motifs is 1. The second-order valence-electron chi connectivity index (χ2n) is 2.96. The Morgan fingerprint density at radius 1 is 1.40 bits per heavy atom. The van der Waals surface area contributed by atoms with Crippen molar-refractivity contribution in [3.8, 4) is 17.2 Å². The van der Waals surface area contributed by atoms with Crippen LogP contribution in [0.1, 0.15) is 0 Å². The molecule has 0 radical (unpaired) electrons. The van der Waals surface area contributed by atoms with Crippen molar-refractivity contribution in [2.45, 2.75) is 0 Å². The molecule has 1 N–H and O–H groups in total. The minimum Gasteiger partial charge on any atom is -0.486 e. The Morgan fingerprint density at radius 2 is 2.20 bits per heavy atom. The molecule has 1 aromatic rings. The van der Waals surface area contributed by atoms with Gasteiger partial charge in [-0.2, -0.15) is 0 Å². The summed E-state index contributed by atoms with van der Waals surface area (Å²) < 4.78 is 15.7. The lowest BCUT2D eigenvalue weighted by Crippen LogP contribution is -2.17. The molecule has 0 saturated heterocycles. The number of ether oxygens (including phenoxy) is 3. The van der Waals surface area contributed by atoms with Gasteiger partial charge in [0.25, 0.3) is 0 Å². The Bertz CT molecular complexity index is 374. The van der Waals surface area contributed by atoms with Gasteiger partial charge in [0, 0.05) is 0 Å². The molecule has 0 unspecified atom stereocenters. The van der Waals surface area contributed by atoms with Gasteiger partial charge in [-0.1, -0.05) is 6.07 Å². The van der Waals surface area contributed by atoms with Crippen molar-refractivity contribution in [3.63, 3.8) is 0 Å². The third-order valence-electron chi connectivity index (χ3n) is 1.88. The summed E-state index contributed by atoms with van der Waals surface area (Å²) in [6.07, 6.45) is 0. The molecule has 0 saturated carbocycles. The van der Waals surface area contributed by atoms with Crippen LogP contribution in [0.4, 0.5) is 0 Å². The SMILES string of the molecule is O=C(O)COc1cccc2c1OCCO2. The standard InChI is InChI=1S/C10H10O5/c11-9(12)6-15-8-3-1-2-7-10(8)14-5-4-13-7/h1-3H,4-6H2,(H,11,12). The molecule has 5 heteroatoms. The first kappa shape index (κ1) is 9.64. The summed E-state index contributed by atoms with van der Waals surface area (Å²) in [4.78, 5) is 10.3. The van der Waals surface area contributed by atoms with Crippen LogP contribution in [0.2, 0.25) is 0 Å². The lowest BCUT2D eigenvalue weighted by atomic mass is 10.3. The van der Waals surface area contributed by atoms with Gasteiger partial charge >= 0.3 is 5.97 Å². The topological polar surface area (TPSA) is 65.0 Å². The van der Waals surface area contributed by atoms with Gasteiger partial charge in [-0.05, 0) is 12.1 Å². The number of hydrogen-bond donors (Lipinski definition) is 1. The number of para-hydroxylation sites is 1. The van der Waals surface area contributed by atoms with Crippen molar-refractivity contribution in [2.24, 2.45) is 0 Å². The predicted molar refractivity (Wildman–Crippen MR) is 50.6 cm³/mol. The minimum atomic E-state index is -1.02. The largest absolute Gasteiger partial charge is 0.486 e. The van der Waals surface area contributed by atoms with E-state index in [0.717, 1.165) is 0 Å². The van der Waals surface area contributed by atoms with E-state index in [1.165, 1.54) is 0 Å². The smallest absolute Gasteiger partial charge is 0.341 e. The van der Waals surface area contributed by atoms with E-state index < -0.39 is 5.97 Å². The van der Waals surface area contributed by atoms with Crippen LogP contribution in [0, 0.1) is 0 Å². The molecule has 0 bridgehead atoms. The highest BCUT2D eigenvalue weighted by Gasteiger charge is 2.16. The quantitative estimate of drug-likeness (QED) is 0.803. The monoisotopic (exact) mass is 210 g/mol. The zero-order chi connectivity index (χ0) is 10.7. The molecule has 5 nitrogen and oxygen atoms in total. The van der Waals surface area contributed by atoms with Crippen LogP contribution >= 0.6 is 0 Å². The first-order valence-corrected chi connectivity index (χ1v) is 4.50. The second kappa shape index (κ2) is 4.08. The molecule has 1 aliphatic heterocycles. The van der Waals surface area contributed by atoms with Crippen LogP contribution in [0.15, 0.2) is 18.2 Å². The Morgan fingerprint density at radius 3 is 3.00 bits per heavy atom. The van der Waals surface area contributed by atoms with Gasteiger partial charge in [-0.15, -0.1) is 0 Å². The average molecular weight is 210 g/mol. The molecule has 1 aliphatic rings. The molecule has 2 rings (SSSR count). The van der Waals surface area contributed by atoms with E-state index in [4.69, 9.17) is 19.3 Å². The summed E-state index contributed by atoms with van der Waals surface area (Å²) in [5, 5.41) is 8.48. The maximum Gasteiger partial charge on any atom is 0.341 e. The molecule has 1 aromatic carbocycles. The van der Waals surface area contributed by atoms with Crippen molar-refractivity contribution < 1.29 is 24.1 Å². The molecule has 80 valence electrons. The first-order valence-electron chi connectivity index (χ1n) is 4.50. The second-order valence-corrected chi connectivity index (χ2v) is 2.96. The van der Waals surface area contributed by atoms with E-state index in [2.05, 4.69) is 0 Å². The van der Waals surface area contributed by atoms with E-state index in [1.807, 2.05) is 0 Å². The Hall–Kier alpha value is -1.91. The van der Waals surface area contributed by atoms with Crippen molar-refractivity contribution in [3.05, 3.63) is 18.2 Å². The normalized spacial score (nSPS) is 13.3. The number of hydrogen-bond acceptors (Lipinski definition) is 4. The van der Waals surface area contributed by atoms with E-state index in [-0.39, 0.29) is 6.61 Å². The molecule has 0 amide bonds. The van der Waals surface area contributed by atoms with E-state index >= 15 is 0 Å². The molecule has 0 aromatic heterocycles. The predicted octanol–water partition coefficient (Wildman–Crippen LogP) is 0.921. The van der Waals surface area contributed by atoms with E-state index in [1.54, 1.807) is 18.2 Å². The zero-order valence-corrected chi connectivity index (χ0v) is 7.93. The molecule has 1 heterocycles. The number of rotatable bonds is 3. The fraction of sp³-hybridized carbons (Fsp3) is 0.300. The van der Waals surface area contributed by atoms with Gasteiger partial charge in [0.2, 0.25) is 5.75 Å². The zero-order valence-electron chi connectivity index (χ0n) is 7.93.